The Morgan fingerprint density at radius 1 is 1.50 bits per heavy atom. The summed E-state index contributed by atoms with van der Waals surface area (Å²) in [6.07, 6.45) is -2.79. The summed E-state index contributed by atoms with van der Waals surface area (Å²) in [5, 5.41) is -0.923. The van der Waals surface area contributed by atoms with E-state index in [1.165, 1.54) is 0 Å². The number of anilines is 2. The smallest absolute Gasteiger partial charge is 0.280 e. The van der Waals surface area contributed by atoms with Crippen LogP contribution in [0.1, 0.15) is 22.5 Å². The molecule has 14 heavy (non-hydrogen) atoms. The van der Waals surface area contributed by atoms with Crippen LogP contribution in [0.15, 0.2) is 6.07 Å². The number of carbonyl (C=O) groups is 1. The number of carbonyl (C=O) groups excluding carboxylic acids is 1. The van der Waals surface area contributed by atoms with Crippen LogP contribution in [0.5, 0.6) is 0 Å². The maximum Gasteiger partial charge on any atom is 0.280 e. The molecule has 0 aliphatic carbocycles. The number of nitrogens with zero attached hydrogens (tertiary/aromatic N) is 1. The minimum absolute atomic E-state index is 0.201. The van der Waals surface area contributed by atoms with E-state index >= 15 is 0 Å². The first kappa shape index (κ1) is 10.6. The molecule has 0 radical (unpaired) electrons. The molecular weight excluding hydrogens is 216 g/mol. The van der Waals surface area contributed by atoms with Gasteiger partial charge >= 0.3 is 0 Å². The van der Waals surface area contributed by atoms with Crippen molar-refractivity contribution in [2.24, 2.45) is 0 Å². The van der Waals surface area contributed by atoms with Crippen molar-refractivity contribution < 1.29 is 13.6 Å². The van der Waals surface area contributed by atoms with E-state index in [0.717, 1.165) is 6.07 Å². The second kappa shape index (κ2) is 3.75. The third kappa shape index (κ3) is 1.90. The molecule has 1 aromatic heterocycles. The van der Waals surface area contributed by atoms with Crippen molar-refractivity contribution in [3.8, 4) is 0 Å². The Morgan fingerprint density at radius 2 is 2.07 bits per heavy atom. The monoisotopic (exact) mass is 221 g/mol. The summed E-state index contributed by atoms with van der Waals surface area (Å²) in [5.41, 5.74) is 9.51. The first-order valence-corrected chi connectivity index (χ1v) is 3.85. The Kier molecular flexibility index (Phi) is 2.85. The Hall–Kier alpha value is -1.43. The number of nitrogens with two attached hydrogens (primary N) is 2. The Morgan fingerprint density at radius 3 is 2.43 bits per heavy atom. The molecule has 0 aromatic carbocycles. The number of nitrogen functional groups attached to an aromatic ring is 2. The van der Waals surface area contributed by atoms with Gasteiger partial charge in [-0.1, -0.05) is 0 Å². The second-order valence-electron chi connectivity index (χ2n) is 2.47. The summed E-state index contributed by atoms with van der Waals surface area (Å²) in [6, 6.07) is 0.872. The predicted molar refractivity (Wildman–Crippen MR) is 48.2 cm³/mol. The van der Waals surface area contributed by atoms with Gasteiger partial charge in [0.25, 0.3) is 11.7 Å². The normalized spacial score (nSPS) is 10.6. The molecular formula is C7H6ClF2N3O. The lowest BCUT2D eigenvalue weighted by Gasteiger charge is -2.06. The van der Waals surface area contributed by atoms with Crippen LogP contribution in [0, 0.1) is 0 Å². The van der Waals surface area contributed by atoms with Crippen molar-refractivity contribution in [2.75, 3.05) is 11.5 Å². The zero-order valence-electron chi connectivity index (χ0n) is 6.80. The van der Waals surface area contributed by atoms with Gasteiger partial charge in [0.05, 0.1) is 5.56 Å². The van der Waals surface area contributed by atoms with Gasteiger partial charge in [0, 0.05) is 5.69 Å². The van der Waals surface area contributed by atoms with Crippen molar-refractivity contribution in [1.82, 2.24) is 4.98 Å². The van der Waals surface area contributed by atoms with E-state index in [1.54, 1.807) is 0 Å². The molecule has 4 N–H and O–H groups in total. The third-order valence-electron chi connectivity index (χ3n) is 1.52. The molecule has 7 heteroatoms. The number of halogens is 3. The standard InChI is InChI=1S/C7H6ClF2N3O/c8-5(14)4-2(11)1-3(6(9)10)13-7(4)12/h1,6H,(H4,11,12,13). The van der Waals surface area contributed by atoms with E-state index in [1.807, 2.05) is 0 Å². The lowest BCUT2D eigenvalue weighted by atomic mass is 10.2. The van der Waals surface area contributed by atoms with Crippen LogP contribution in [0.4, 0.5) is 20.3 Å². The van der Waals surface area contributed by atoms with Crippen LogP contribution in [0.25, 0.3) is 0 Å². The van der Waals surface area contributed by atoms with Crippen LogP contribution in [-0.4, -0.2) is 10.2 Å². The van der Waals surface area contributed by atoms with Crippen LogP contribution in [-0.2, 0) is 0 Å². The average molecular weight is 222 g/mol. The number of alkyl halides is 2. The van der Waals surface area contributed by atoms with Crippen LogP contribution in [0.2, 0.25) is 0 Å². The largest absolute Gasteiger partial charge is 0.398 e. The summed E-state index contributed by atoms with van der Waals surface area (Å²) in [6.45, 7) is 0. The summed E-state index contributed by atoms with van der Waals surface area (Å²) in [4.78, 5) is 14.0. The molecule has 1 heterocycles. The molecule has 0 aliphatic rings. The topological polar surface area (TPSA) is 82.0 Å². The number of hydrogen-bond acceptors (Lipinski definition) is 4. The van der Waals surface area contributed by atoms with E-state index in [4.69, 9.17) is 23.1 Å². The summed E-state index contributed by atoms with van der Waals surface area (Å²) < 4.78 is 24.3. The van der Waals surface area contributed by atoms with Gasteiger partial charge in [0.2, 0.25) is 0 Å². The third-order valence-corrected chi connectivity index (χ3v) is 1.71. The maximum atomic E-state index is 12.2. The van der Waals surface area contributed by atoms with Crippen LogP contribution < -0.4 is 11.5 Å². The van der Waals surface area contributed by atoms with Gasteiger partial charge in [0.15, 0.2) is 0 Å². The second-order valence-corrected chi connectivity index (χ2v) is 2.81. The highest BCUT2D eigenvalue weighted by Crippen LogP contribution is 2.25. The highest BCUT2D eigenvalue weighted by molar-refractivity contribution is 6.68. The molecule has 76 valence electrons. The fourth-order valence-corrected chi connectivity index (χ4v) is 1.14. The minimum atomic E-state index is -2.79. The van der Waals surface area contributed by atoms with Crippen molar-refractivity contribution in [1.29, 1.82) is 0 Å². The fourth-order valence-electron chi connectivity index (χ4n) is 0.933. The number of rotatable bonds is 2. The van der Waals surface area contributed by atoms with E-state index in [2.05, 4.69) is 4.98 Å². The van der Waals surface area contributed by atoms with E-state index < -0.39 is 17.4 Å². The Balaban J connectivity index is 3.32. The summed E-state index contributed by atoms with van der Waals surface area (Å²) >= 11 is 5.12. The first-order chi connectivity index (χ1) is 6.43. The highest BCUT2D eigenvalue weighted by atomic mass is 35.5. The first-order valence-electron chi connectivity index (χ1n) is 3.47. The Labute approximate surface area is 82.9 Å². The SMILES string of the molecule is Nc1cc(C(F)F)nc(N)c1C(=O)Cl. The lowest BCUT2D eigenvalue weighted by molar-refractivity contribution is 0.108. The van der Waals surface area contributed by atoms with Crippen LogP contribution >= 0.6 is 11.6 Å². The molecule has 0 saturated heterocycles. The lowest BCUT2D eigenvalue weighted by Crippen LogP contribution is -2.08. The number of aromatic nitrogens is 1. The molecule has 0 unspecified atom stereocenters. The van der Waals surface area contributed by atoms with Gasteiger partial charge < -0.3 is 11.5 Å². The number of pyridine rings is 1. The maximum absolute atomic E-state index is 12.2. The van der Waals surface area contributed by atoms with Crippen molar-refractivity contribution >= 4 is 28.3 Å². The van der Waals surface area contributed by atoms with Crippen molar-refractivity contribution in [3.05, 3.63) is 17.3 Å². The van der Waals surface area contributed by atoms with E-state index in [-0.39, 0.29) is 17.1 Å². The van der Waals surface area contributed by atoms with Crippen LogP contribution in [0.3, 0.4) is 0 Å². The van der Waals surface area contributed by atoms with Gasteiger partial charge in [-0.3, -0.25) is 4.79 Å². The molecule has 1 aromatic rings. The molecule has 0 fully saturated rings. The van der Waals surface area contributed by atoms with Gasteiger partial charge in [-0.25, -0.2) is 13.8 Å². The Bertz CT molecular complexity index is 360. The van der Waals surface area contributed by atoms with E-state index in [9.17, 15) is 13.6 Å². The zero-order chi connectivity index (χ0) is 10.9. The van der Waals surface area contributed by atoms with Gasteiger partial charge in [-0.05, 0) is 17.7 Å². The molecule has 0 aliphatic heterocycles. The molecule has 1 rings (SSSR count). The molecule has 0 atom stereocenters. The van der Waals surface area contributed by atoms with Gasteiger partial charge in [-0.15, -0.1) is 0 Å². The minimum Gasteiger partial charge on any atom is -0.398 e. The van der Waals surface area contributed by atoms with Gasteiger partial charge in [-0.2, -0.15) is 0 Å². The quantitative estimate of drug-likeness (QED) is 0.743. The molecule has 0 amide bonds. The average Bonchev–Trinajstić information content (AvgIpc) is 2.01. The molecule has 4 nitrogen and oxygen atoms in total. The van der Waals surface area contributed by atoms with Crippen molar-refractivity contribution in [3.63, 3.8) is 0 Å². The zero-order valence-corrected chi connectivity index (χ0v) is 7.55. The number of hydrogen-bond donors (Lipinski definition) is 2. The van der Waals surface area contributed by atoms with Gasteiger partial charge in [0.1, 0.15) is 11.5 Å². The summed E-state index contributed by atoms with van der Waals surface area (Å²) in [5.74, 6) is -0.389. The molecule has 0 spiro atoms. The van der Waals surface area contributed by atoms with Crippen molar-refractivity contribution in [2.45, 2.75) is 6.43 Å². The molecule has 0 bridgehead atoms. The van der Waals surface area contributed by atoms with E-state index in [0.29, 0.717) is 0 Å². The predicted octanol–water partition coefficient (Wildman–Crippen LogP) is 1.56. The summed E-state index contributed by atoms with van der Waals surface area (Å²) in [7, 11) is 0. The fraction of sp³-hybridized carbons (Fsp3) is 0.143. The molecule has 0 saturated carbocycles. The highest BCUT2D eigenvalue weighted by Gasteiger charge is 2.17.